The molecule has 1 amide bonds. The van der Waals surface area contributed by atoms with E-state index in [-0.39, 0.29) is 17.8 Å². The van der Waals surface area contributed by atoms with E-state index in [9.17, 15) is 9.18 Å². The van der Waals surface area contributed by atoms with Gasteiger partial charge in [-0.05, 0) is 50.1 Å². The first-order valence-electron chi connectivity index (χ1n) is 7.00. The van der Waals surface area contributed by atoms with Gasteiger partial charge in [0, 0.05) is 12.6 Å². The van der Waals surface area contributed by atoms with E-state index in [4.69, 9.17) is 0 Å². The Balaban J connectivity index is 2.24. The first-order chi connectivity index (χ1) is 9.90. The lowest BCUT2D eigenvalue weighted by atomic mass is 10.0. The molecule has 0 aliphatic heterocycles. The van der Waals surface area contributed by atoms with Crippen LogP contribution in [0.4, 0.5) is 4.39 Å². The minimum Gasteiger partial charge on any atom is -0.335 e. The Bertz CT molecular complexity index is 649. The van der Waals surface area contributed by atoms with Gasteiger partial charge in [-0.15, -0.1) is 0 Å². The van der Waals surface area contributed by atoms with Crippen molar-refractivity contribution in [2.45, 2.75) is 26.8 Å². The Morgan fingerprint density at radius 1 is 1.10 bits per heavy atom. The molecule has 0 spiro atoms. The maximum absolute atomic E-state index is 13.0. The van der Waals surface area contributed by atoms with Crippen molar-refractivity contribution in [2.75, 3.05) is 7.05 Å². The molecule has 0 saturated heterocycles. The van der Waals surface area contributed by atoms with Crippen molar-refractivity contribution in [3.05, 3.63) is 70.5 Å². The Kier molecular flexibility index (Phi) is 4.41. The van der Waals surface area contributed by atoms with Crippen LogP contribution >= 0.6 is 0 Å². The van der Waals surface area contributed by atoms with Crippen molar-refractivity contribution in [1.29, 1.82) is 0 Å². The van der Waals surface area contributed by atoms with Crippen LogP contribution in [0, 0.1) is 19.7 Å². The number of carbonyl (C=O) groups excluding carboxylic acids is 1. The van der Waals surface area contributed by atoms with Gasteiger partial charge in [0.05, 0.1) is 6.04 Å². The molecule has 21 heavy (non-hydrogen) atoms. The molecule has 0 fully saturated rings. The molecule has 2 nitrogen and oxygen atoms in total. The third-order valence-electron chi connectivity index (χ3n) is 3.87. The topological polar surface area (TPSA) is 20.3 Å². The highest BCUT2D eigenvalue weighted by Crippen LogP contribution is 2.22. The monoisotopic (exact) mass is 285 g/mol. The van der Waals surface area contributed by atoms with Crippen LogP contribution < -0.4 is 0 Å². The number of hydrogen-bond acceptors (Lipinski definition) is 1. The fourth-order valence-corrected chi connectivity index (χ4v) is 2.38. The van der Waals surface area contributed by atoms with Gasteiger partial charge in [-0.25, -0.2) is 4.39 Å². The van der Waals surface area contributed by atoms with Gasteiger partial charge in [0.2, 0.25) is 0 Å². The average Bonchev–Trinajstić information content (AvgIpc) is 2.46. The lowest BCUT2D eigenvalue weighted by Gasteiger charge is -2.26. The number of nitrogens with zero attached hydrogens (tertiary/aromatic N) is 1. The standard InChI is InChI=1S/C18H20FNO/c1-12-5-10-17(13(2)11-12)18(21)20(4)14(3)15-6-8-16(19)9-7-15/h5-11,14H,1-4H3. The largest absolute Gasteiger partial charge is 0.335 e. The molecule has 3 heteroatoms. The molecule has 2 aromatic carbocycles. The number of benzene rings is 2. The van der Waals surface area contributed by atoms with Crippen LogP contribution in [0.3, 0.4) is 0 Å². The molecule has 0 aliphatic rings. The second-order valence-electron chi connectivity index (χ2n) is 5.46. The number of carbonyl (C=O) groups is 1. The maximum Gasteiger partial charge on any atom is 0.254 e. The molecule has 0 saturated carbocycles. The summed E-state index contributed by atoms with van der Waals surface area (Å²) >= 11 is 0. The molecule has 0 aliphatic carbocycles. The fourth-order valence-electron chi connectivity index (χ4n) is 2.38. The molecular formula is C18H20FNO. The molecule has 0 N–H and O–H groups in total. The fraction of sp³-hybridized carbons (Fsp3) is 0.278. The predicted molar refractivity (Wildman–Crippen MR) is 82.8 cm³/mol. The van der Waals surface area contributed by atoms with E-state index >= 15 is 0 Å². The van der Waals surface area contributed by atoms with E-state index in [1.165, 1.54) is 12.1 Å². The summed E-state index contributed by atoms with van der Waals surface area (Å²) in [4.78, 5) is 14.3. The predicted octanol–water partition coefficient (Wildman–Crippen LogP) is 4.28. The van der Waals surface area contributed by atoms with Crippen LogP contribution in [0.5, 0.6) is 0 Å². The van der Waals surface area contributed by atoms with E-state index in [0.717, 1.165) is 16.7 Å². The summed E-state index contributed by atoms with van der Waals surface area (Å²) in [6, 6.07) is 12.0. The molecule has 1 atom stereocenters. The van der Waals surface area contributed by atoms with Gasteiger partial charge >= 0.3 is 0 Å². The summed E-state index contributed by atoms with van der Waals surface area (Å²) in [5.41, 5.74) is 3.73. The Morgan fingerprint density at radius 2 is 1.71 bits per heavy atom. The highest BCUT2D eigenvalue weighted by molar-refractivity contribution is 5.95. The Labute approximate surface area is 125 Å². The zero-order valence-corrected chi connectivity index (χ0v) is 12.9. The number of aryl methyl sites for hydroxylation is 2. The van der Waals surface area contributed by atoms with Crippen LogP contribution in [0.2, 0.25) is 0 Å². The van der Waals surface area contributed by atoms with Crippen LogP contribution in [0.15, 0.2) is 42.5 Å². The summed E-state index contributed by atoms with van der Waals surface area (Å²) in [5, 5.41) is 0. The highest BCUT2D eigenvalue weighted by atomic mass is 19.1. The van der Waals surface area contributed by atoms with Gasteiger partial charge in [-0.1, -0.05) is 29.8 Å². The summed E-state index contributed by atoms with van der Waals surface area (Å²) in [6.45, 7) is 5.89. The van der Waals surface area contributed by atoms with Gasteiger partial charge in [-0.3, -0.25) is 4.79 Å². The maximum atomic E-state index is 13.0. The zero-order chi connectivity index (χ0) is 15.6. The van der Waals surface area contributed by atoms with E-state index < -0.39 is 0 Å². The van der Waals surface area contributed by atoms with Crippen LogP contribution in [-0.4, -0.2) is 17.9 Å². The quantitative estimate of drug-likeness (QED) is 0.824. The number of rotatable bonds is 3. The zero-order valence-electron chi connectivity index (χ0n) is 12.9. The molecule has 2 rings (SSSR count). The van der Waals surface area contributed by atoms with Gasteiger partial charge < -0.3 is 4.90 Å². The minimum atomic E-state index is -0.269. The van der Waals surface area contributed by atoms with E-state index in [2.05, 4.69) is 0 Å². The van der Waals surface area contributed by atoms with Gasteiger partial charge in [0.15, 0.2) is 0 Å². The summed E-state index contributed by atoms with van der Waals surface area (Å²) < 4.78 is 13.0. The number of halogens is 1. The molecule has 0 aromatic heterocycles. The molecule has 2 aromatic rings. The van der Waals surface area contributed by atoms with E-state index in [1.807, 2.05) is 39.0 Å². The van der Waals surface area contributed by atoms with Crippen molar-refractivity contribution >= 4 is 5.91 Å². The van der Waals surface area contributed by atoms with Crippen molar-refractivity contribution in [3.63, 3.8) is 0 Å². The first-order valence-corrected chi connectivity index (χ1v) is 7.00. The van der Waals surface area contributed by atoms with Gasteiger partial charge in [0.1, 0.15) is 5.82 Å². The summed E-state index contributed by atoms with van der Waals surface area (Å²) in [6.07, 6.45) is 0. The van der Waals surface area contributed by atoms with E-state index in [0.29, 0.717) is 5.56 Å². The smallest absolute Gasteiger partial charge is 0.254 e. The van der Waals surface area contributed by atoms with Crippen LogP contribution in [-0.2, 0) is 0 Å². The normalized spacial score (nSPS) is 12.0. The average molecular weight is 285 g/mol. The number of amides is 1. The third-order valence-corrected chi connectivity index (χ3v) is 3.87. The lowest BCUT2D eigenvalue weighted by molar-refractivity contribution is 0.0742. The van der Waals surface area contributed by atoms with Crippen molar-refractivity contribution in [2.24, 2.45) is 0 Å². The van der Waals surface area contributed by atoms with Gasteiger partial charge in [-0.2, -0.15) is 0 Å². The van der Waals surface area contributed by atoms with Crippen LogP contribution in [0.1, 0.15) is 40.0 Å². The van der Waals surface area contributed by atoms with Crippen molar-refractivity contribution in [1.82, 2.24) is 4.90 Å². The summed E-state index contributed by atoms with van der Waals surface area (Å²) in [7, 11) is 1.77. The molecule has 0 radical (unpaired) electrons. The van der Waals surface area contributed by atoms with E-state index in [1.54, 1.807) is 24.1 Å². The van der Waals surface area contributed by atoms with Crippen molar-refractivity contribution in [3.8, 4) is 0 Å². The highest BCUT2D eigenvalue weighted by Gasteiger charge is 2.20. The SMILES string of the molecule is Cc1ccc(C(=O)N(C)C(C)c2ccc(F)cc2)c(C)c1. The molecule has 110 valence electrons. The second-order valence-corrected chi connectivity index (χ2v) is 5.46. The molecule has 0 bridgehead atoms. The molecule has 0 heterocycles. The lowest BCUT2D eigenvalue weighted by Crippen LogP contribution is -2.30. The van der Waals surface area contributed by atoms with Gasteiger partial charge in [0.25, 0.3) is 5.91 Å². The minimum absolute atomic E-state index is 0.0238. The second kappa shape index (κ2) is 6.08. The third kappa shape index (κ3) is 3.30. The Hall–Kier alpha value is -2.16. The first kappa shape index (κ1) is 15.2. The Morgan fingerprint density at radius 3 is 2.29 bits per heavy atom. The number of hydrogen-bond donors (Lipinski definition) is 0. The summed E-state index contributed by atoms with van der Waals surface area (Å²) in [5.74, 6) is -0.293. The molecular weight excluding hydrogens is 265 g/mol. The van der Waals surface area contributed by atoms with Crippen LogP contribution in [0.25, 0.3) is 0 Å². The molecule has 1 unspecified atom stereocenters. The van der Waals surface area contributed by atoms with Crippen molar-refractivity contribution < 1.29 is 9.18 Å².